The average molecular weight is 366 g/mol. The molecule has 20 heavy (non-hydrogen) atoms. The smallest absolute Gasteiger partial charge is 0.321 e. The fraction of sp³-hybridized carbons (Fsp3) is 0.333. The first kappa shape index (κ1) is 15.1. The largest absolute Gasteiger partial charge is 0.481 e. The van der Waals surface area contributed by atoms with Crippen LogP contribution in [0.3, 0.4) is 0 Å². The molecule has 5 nitrogen and oxygen atoms in total. The average Bonchev–Trinajstić information content (AvgIpc) is 2.85. The van der Waals surface area contributed by atoms with Crippen LogP contribution in [0.1, 0.15) is 6.42 Å². The Balaban J connectivity index is 2.06. The molecular weight excluding hydrogens is 354 g/mol. The number of aliphatic carboxylic acids is 1. The number of carboxylic acids is 1. The van der Waals surface area contributed by atoms with Crippen LogP contribution >= 0.6 is 27.5 Å². The fourth-order valence-electron chi connectivity index (χ4n) is 1.96. The van der Waals surface area contributed by atoms with Crippen LogP contribution < -0.4 is 5.32 Å². The van der Waals surface area contributed by atoms with Gasteiger partial charge in [-0.05, 0) is 28.4 Å². The zero-order valence-corrected chi connectivity index (χ0v) is 12.5. The monoisotopic (exact) mass is 364 g/mol. The summed E-state index contributed by atoms with van der Waals surface area (Å²) >= 11 is 8.90. The molecule has 0 radical (unpaired) electrons. The lowest BCUT2D eigenvalue weighted by Crippen LogP contribution is -2.33. The lowest BCUT2D eigenvalue weighted by Gasteiger charge is -2.17. The molecule has 1 aliphatic rings. The number of likely N-dealkylation sites (tertiary alicyclic amines) is 1. The third-order valence-electron chi connectivity index (χ3n) is 3.08. The molecule has 1 aromatic carbocycles. The minimum atomic E-state index is -0.923. The van der Waals surface area contributed by atoms with E-state index in [2.05, 4.69) is 21.2 Å². The van der Waals surface area contributed by atoms with Crippen LogP contribution in [0, 0.1) is 11.7 Å². The summed E-state index contributed by atoms with van der Waals surface area (Å²) in [5, 5.41) is 11.6. The summed E-state index contributed by atoms with van der Waals surface area (Å²) in [6, 6.07) is 1.96. The topological polar surface area (TPSA) is 69.6 Å². The van der Waals surface area contributed by atoms with Crippen molar-refractivity contribution in [3.8, 4) is 0 Å². The van der Waals surface area contributed by atoms with Crippen LogP contribution in [0.25, 0.3) is 0 Å². The molecule has 0 spiro atoms. The first-order chi connectivity index (χ1) is 9.38. The Labute approximate surface area is 127 Å². The number of nitrogens with zero attached hydrogens (tertiary/aromatic N) is 1. The van der Waals surface area contributed by atoms with Crippen molar-refractivity contribution in [1.29, 1.82) is 0 Å². The molecule has 1 aliphatic heterocycles. The van der Waals surface area contributed by atoms with Gasteiger partial charge in [0, 0.05) is 19.2 Å². The highest BCUT2D eigenvalue weighted by Gasteiger charge is 2.31. The van der Waals surface area contributed by atoms with E-state index in [0.717, 1.165) is 6.07 Å². The van der Waals surface area contributed by atoms with Gasteiger partial charge in [0.2, 0.25) is 0 Å². The number of nitrogens with one attached hydrogen (secondary N) is 1. The third kappa shape index (κ3) is 3.21. The summed E-state index contributed by atoms with van der Waals surface area (Å²) in [6.45, 7) is 0.483. The van der Waals surface area contributed by atoms with Crippen molar-refractivity contribution < 1.29 is 19.1 Å². The zero-order valence-electron chi connectivity index (χ0n) is 10.2. The molecule has 0 saturated carbocycles. The van der Waals surface area contributed by atoms with Gasteiger partial charge in [0.15, 0.2) is 0 Å². The van der Waals surface area contributed by atoms with E-state index in [9.17, 15) is 14.0 Å². The number of carbonyl (C=O) groups is 2. The second kappa shape index (κ2) is 5.97. The van der Waals surface area contributed by atoms with Gasteiger partial charge in [0.25, 0.3) is 0 Å². The van der Waals surface area contributed by atoms with Crippen molar-refractivity contribution in [2.45, 2.75) is 6.42 Å². The number of rotatable bonds is 2. The van der Waals surface area contributed by atoms with Gasteiger partial charge in [-0.3, -0.25) is 4.79 Å². The Morgan fingerprint density at radius 1 is 1.50 bits per heavy atom. The van der Waals surface area contributed by atoms with Crippen LogP contribution in [-0.2, 0) is 4.79 Å². The van der Waals surface area contributed by atoms with Crippen molar-refractivity contribution >= 4 is 45.2 Å². The van der Waals surface area contributed by atoms with Gasteiger partial charge in [-0.15, -0.1) is 0 Å². The molecule has 1 atom stereocenters. The molecule has 1 fully saturated rings. The van der Waals surface area contributed by atoms with Crippen LogP contribution in [0.15, 0.2) is 16.6 Å². The van der Waals surface area contributed by atoms with Crippen molar-refractivity contribution in [2.24, 2.45) is 5.92 Å². The highest BCUT2D eigenvalue weighted by Crippen LogP contribution is 2.29. The zero-order chi connectivity index (χ0) is 14.9. The van der Waals surface area contributed by atoms with Gasteiger partial charge in [-0.1, -0.05) is 11.6 Å². The predicted molar refractivity (Wildman–Crippen MR) is 75.4 cm³/mol. The fourth-order valence-corrected chi connectivity index (χ4v) is 2.65. The maximum Gasteiger partial charge on any atom is 0.321 e. The van der Waals surface area contributed by atoms with Gasteiger partial charge in [0.05, 0.1) is 21.1 Å². The highest BCUT2D eigenvalue weighted by atomic mass is 79.9. The van der Waals surface area contributed by atoms with E-state index in [-0.39, 0.29) is 21.7 Å². The van der Waals surface area contributed by atoms with Crippen LogP contribution in [0.5, 0.6) is 0 Å². The van der Waals surface area contributed by atoms with E-state index in [4.69, 9.17) is 16.7 Å². The number of hydrogen-bond donors (Lipinski definition) is 2. The van der Waals surface area contributed by atoms with Crippen LogP contribution in [-0.4, -0.2) is 35.1 Å². The first-order valence-corrected chi connectivity index (χ1v) is 6.99. The summed E-state index contributed by atoms with van der Waals surface area (Å²) < 4.78 is 13.6. The second-order valence-electron chi connectivity index (χ2n) is 4.45. The number of benzene rings is 1. The van der Waals surface area contributed by atoms with E-state index < -0.39 is 23.7 Å². The standard InChI is InChI=1S/C12H11BrClFN2O3/c13-7-3-8(14)10(4-9(7)15)16-12(20)17-2-1-6(5-17)11(18)19/h3-4,6H,1-2,5H2,(H,16,20)(H,18,19). The Bertz CT molecular complexity index is 570. The lowest BCUT2D eigenvalue weighted by atomic mass is 10.1. The molecule has 0 bridgehead atoms. The van der Waals surface area contributed by atoms with E-state index in [0.29, 0.717) is 13.0 Å². The SMILES string of the molecule is O=C(O)C1CCN(C(=O)Nc2cc(F)c(Br)cc2Cl)C1. The van der Waals surface area contributed by atoms with E-state index in [1.807, 2.05) is 0 Å². The molecule has 1 unspecified atom stereocenters. The minimum Gasteiger partial charge on any atom is -0.481 e. The molecule has 2 rings (SSSR count). The second-order valence-corrected chi connectivity index (χ2v) is 5.71. The van der Waals surface area contributed by atoms with Gasteiger partial charge >= 0.3 is 12.0 Å². The Kier molecular flexibility index (Phi) is 4.49. The Morgan fingerprint density at radius 2 is 2.20 bits per heavy atom. The summed E-state index contributed by atoms with van der Waals surface area (Å²) in [7, 11) is 0. The Morgan fingerprint density at radius 3 is 2.80 bits per heavy atom. The highest BCUT2D eigenvalue weighted by molar-refractivity contribution is 9.10. The van der Waals surface area contributed by atoms with E-state index >= 15 is 0 Å². The van der Waals surface area contributed by atoms with Gasteiger partial charge in [-0.25, -0.2) is 9.18 Å². The van der Waals surface area contributed by atoms with Crippen LogP contribution in [0.2, 0.25) is 5.02 Å². The van der Waals surface area contributed by atoms with Crippen molar-refractivity contribution in [3.63, 3.8) is 0 Å². The number of urea groups is 1. The molecule has 2 amide bonds. The normalized spacial score (nSPS) is 18.1. The van der Waals surface area contributed by atoms with E-state index in [1.165, 1.54) is 11.0 Å². The quantitative estimate of drug-likeness (QED) is 0.791. The van der Waals surface area contributed by atoms with Crippen molar-refractivity contribution in [2.75, 3.05) is 18.4 Å². The molecule has 1 heterocycles. The number of hydrogen-bond acceptors (Lipinski definition) is 2. The summed E-state index contributed by atoms with van der Waals surface area (Å²) in [5.41, 5.74) is 0.149. The summed E-state index contributed by atoms with van der Waals surface area (Å²) in [6.07, 6.45) is 0.408. The molecule has 0 aromatic heterocycles. The van der Waals surface area contributed by atoms with Crippen molar-refractivity contribution in [1.82, 2.24) is 4.90 Å². The first-order valence-electron chi connectivity index (χ1n) is 5.81. The molecule has 0 aliphatic carbocycles. The summed E-state index contributed by atoms with van der Waals surface area (Å²) in [5.74, 6) is -2.03. The molecule has 1 aromatic rings. The maximum absolute atomic E-state index is 13.4. The molecule has 108 valence electrons. The third-order valence-corrected chi connectivity index (χ3v) is 4.00. The number of amides is 2. The minimum absolute atomic E-state index is 0.137. The van der Waals surface area contributed by atoms with E-state index in [1.54, 1.807) is 0 Å². The Hall–Kier alpha value is -1.34. The van der Waals surface area contributed by atoms with Crippen LogP contribution in [0.4, 0.5) is 14.9 Å². The van der Waals surface area contributed by atoms with Crippen molar-refractivity contribution in [3.05, 3.63) is 27.4 Å². The molecular formula is C12H11BrClFN2O3. The number of carbonyl (C=O) groups excluding carboxylic acids is 1. The van der Waals surface area contributed by atoms with Gasteiger partial charge < -0.3 is 15.3 Å². The number of carboxylic acid groups (broad SMARTS) is 1. The number of halogens is 3. The molecule has 2 N–H and O–H groups in total. The maximum atomic E-state index is 13.4. The molecule has 1 saturated heterocycles. The van der Waals surface area contributed by atoms with Gasteiger partial charge in [0.1, 0.15) is 5.82 Å². The molecule has 8 heteroatoms. The summed E-state index contributed by atoms with van der Waals surface area (Å²) in [4.78, 5) is 24.2. The lowest BCUT2D eigenvalue weighted by molar-refractivity contribution is -0.141. The number of anilines is 1. The van der Waals surface area contributed by atoms with Gasteiger partial charge in [-0.2, -0.15) is 0 Å². The predicted octanol–water partition coefficient (Wildman–Crippen LogP) is 3.18.